The van der Waals surface area contributed by atoms with Gasteiger partial charge < -0.3 is 4.90 Å². The molecule has 0 N–H and O–H groups in total. The van der Waals surface area contributed by atoms with Gasteiger partial charge in [0.15, 0.2) is 5.65 Å². The van der Waals surface area contributed by atoms with E-state index in [0.29, 0.717) is 11.2 Å². The first-order chi connectivity index (χ1) is 21.5. The maximum absolute atomic E-state index is 9.46. The summed E-state index contributed by atoms with van der Waals surface area (Å²) in [7, 11) is 0. The van der Waals surface area contributed by atoms with Gasteiger partial charge in [0.25, 0.3) is 0 Å². The van der Waals surface area contributed by atoms with Crippen molar-refractivity contribution in [2.45, 2.75) is 57.8 Å². The molecule has 0 atom stereocenters. The zero-order chi connectivity index (χ0) is 31.0. The smallest absolute Gasteiger partial charge is 0.178 e. The highest BCUT2D eigenvalue weighted by atomic mass is 15.2. The number of para-hydroxylation sites is 2. The molecule has 0 amide bonds. The van der Waals surface area contributed by atoms with E-state index in [0.717, 1.165) is 22.6 Å². The van der Waals surface area contributed by atoms with Gasteiger partial charge in [0.1, 0.15) is 5.82 Å². The van der Waals surface area contributed by atoms with Crippen molar-refractivity contribution < 1.29 is 0 Å². The number of pyridine rings is 1. The highest BCUT2D eigenvalue weighted by Gasteiger charge is 2.51. The van der Waals surface area contributed by atoms with Crippen molar-refractivity contribution in [2.24, 2.45) is 0 Å². The van der Waals surface area contributed by atoms with Crippen molar-refractivity contribution in [2.75, 3.05) is 4.90 Å². The quantitative estimate of drug-likeness (QED) is 0.204. The van der Waals surface area contributed by atoms with Gasteiger partial charge >= 0.3 is 0 Å². The van der Waals surface area contributed by atoms with Gasteiger partial charge in [-0.05, 0) is 81.9 Å². The first-order valence-corrected chi connectivity index (χ1v) is 15.7. The molecule has 3 aliphatic heterocycles. The molecule has 5 heteroatoms. The average molecular weight is 584 g/mol. The lowest BCUT2D eigenvalue weighted by molar-refractivity contribution is 0.567. The van der Waals surface area contributed by atoms with Gasteiger partial charge in [-0.25, -0.2) is 9.97 Å². The van der Waals surface area contributed by atoms with Crippen LogP contribution in [0.25, 0.3) is 28.2 Å². The Morgan fingerprint density at radius 1 is 0.622 bits per heavy atom. The van der Waals surface area contributed by atoms with Gasteiger partial charge in [-0.2, -0.15) is 5.26 Å². The zero-order valence-electron chi connectivity index (χ0n) is 26.4. The standard InChI is InChI=1S/C40H33N5/c1-38(2)26-10-7-12-28-33(26)45-34-27(38)11-8-13-29(34)40(5,6)31-21-24(20-30(35(31)45)39(28,3)4)37-43-36-32(14-9-19-42-36)44(37)25-17-15-23(22-41)16-18-25/h7-21H,1-6H3. The summed E-state index contributed by atoms with van der Waals surface area (Å²) in [5.41, 5.74) is 15.7. The number of rotatable bonds is 2. The van der Waals surface area contributed by atoms with Crippen LogP contribution < -0.4 is 4.90 Å². The topological polar surface area (TPSA) is 57.7 Å². The lowest BCUT2D eigenvalue weighted by Crippen LogP contribution is -2.43. The third-order valence-corrected chi connectivity index (χ3v) is 10.8. The van der Waals surface area contributed by atoms with Crippen LogP contribution in [0.15, 0.2) is 91.1 Å². The molecule has 45 heavy (non-hydrogen) atoms. The molecule has 0 saturated heterocycles. The molecule has 0 saturated carbocycles. The monoisotopic (exact) mass is 583 g/mol. The summed E-state index contributed by atoms with van der Waals surface area (Å²) in [5.74, 6) is 0.845. The van der Waals surface area contributed by atoms with Crippen LogP contribution in [0.2, 0.25) is 0 Å². The minimum atomic E-state index is -0.249. The Bertz CT molecular complexity index is 2220. The molecule has 218 valence electrons. The van der Waals surface area contributed by atoms with Gasteiger partial charge in [-0.1, -0.05) is 77.9 Å². The van der Waals surface area contributed by atoms with Crippen LogP contribution in [0.5, 0.6) is 0 Å². The van der Waals surface area contributed by atoms with Crippen molar-refractivity contribution >= 4 is 28.2 Å². The molecule has 5 nitrogen and oxygen atoms in total. The van der Waals surface area contributed by atoms with E-state index in [1.807, 2.05) is 30.3 Å². The fourth-order valence-corrected chi connectivity index (χ4v) is 8.37. The summed E-state index contributed by atoms with van der Waals surface area (Å²) in [6, 6.07) is 32.5. The molecule has 6 aromatic rings. The van der Waals surface area contributed by atoms with Crippen LogP contribution in [-0.4, -0.2) is 14.5 Å². The van der Waals surface area contributed by atoms with E-state index in [9.17, 15) is 5.26 Å². The molecular weight excluding hydrogens is 550 g/mol. The second-order valence-electron chi connectivity index (χ2n) is 14.3. The van der Waals surface area contributed by atoms with Gasteiger partial charge in [0, 0.05) is 33.7 Å². The minimum absolute atomic E-state index is 0.118. The molecule has 5 heterocycles. The van der Waals surface area contributed by atoms with Crippen LogP contribution in [0.3, 0.4) is 0 Å². The number of hydrogen-bond acceptors (Lipinski definition) is 4. The first kappa shape index (κ1) is 26.2. The molecule has 0 bridgehead atoms. The largest absolute Gasteiger partial charge is 0.309 e. The van der Waals surface area contributed by atoms with Crippen LogP contribution in [0.4, 0.5) is 17.1 Å². The normalized spacial score (nSPS) is 17.1. The first-order valence-electron chi connectivity index (χ1n) is 15.7. The molecule has 3 aliphatic rings. The van der Waals surface area contributed by atoms with Crippen molar-refractivity contribution in [3.05, 3.63) is 130 Å². The van der Waals surface area contributed by atoms with Crippen molar-refractivity contribution in [3.8, 4) is 23.1 Å². The van der Waals surface area contributed by atoms with Crippen molar-refractivity contribution in [3.63, 3.8) is 0 Å². The minimum Gasteiger partial charge on any atom is -0.309 e. The predicted octanol–water partition coefficient (Wildman–Crippen LogP) is 9.35. The number of benzene rings is 4. The number of anilines is 3. The molecular formula is C40H33N5. The van der Waals surface area contributed by atoms with Crippen LogP contribution in [-0.2, 0) is 16.2 Å². The van der Waals surface area contributed by atoms with Gasteiger partial charge in [-0.3, -0.25) is 4.57 Å². The molecule has 0 spiro atoms. The summed E-state index contributed by atoms with van der Waals surface area (Å²) < 4.78 is 2.19. The van der Waals surface area contributed by atoms with Crippen LogP contribution in [0, 0.1) is 11.3 Å². The molecule has 4 aromatic carbocycles. The number of fused-ring (bicyclic) bond motifs is 1. The number of nitriles is 1. The summed E-state index contributed by atoms with van der Waals surface area (Å²) in [6.45, 7) is 14.3. The Kier molecular flexibility index (Phi) is 4.82. The van der Waals surface area contributed by atoms with Gasteiger partial charge in [0.2, 0.25) is 0 Å². The van der Waals surface area contributed by atoms with E-state index in [2.05, 4.69) is 117 Å². The maximum atomic E-state index is 9.46. The second-order valence-corrected chi connectivity index (χ2v) is 14.3. The van der Waals surface area contributed by atoms with E-state index in [4.69, 9.17) is 4.98 Å². The molecule has 0 unspecified atom stereocenters. The summed E-state index contributed by atoms with van der Waals surface area (Å²) in [4.78, 5) is 12.4. The fraction of sp³-hybridized carbons (Fsp3) is 0.225. The predicted molar refractivity (Wildman–Crippen MR) is 180 cm³/mol. The summed E-state index contributed by atoms with van der Waals surface area (Å²) >= 11 is 0. The van der Waals surface area contributed by atoms with E-state index >= 15 is 0 Å². The summed E-state index contributed by atoms with van der Waals surface area (Å²) in [6.07, 6.45) is 1.80. The van der Waals surface area contributed by atoms with E-state index in [1.54, 1.807) is 6.20 Å². The zero-order valence-corrected chi connectivity index (χ0v) is 26.4. The van der Waals surface area contributed by atoms with Crippen LogP contribution >= 0.6 is 0 Å². The molecule has 0 radical (unpaired) electrons. The lowest BCUT2D eigenvalue weighted by atomic mass is 9.60. The van der Waals surface area contributed by atoms with E-state index < -0.39 is 0 Å². The van der Waals surface area contributed by atoms with Crippen molar-refractivity contribution in [1.82, 2.24) is 14.5 Å². The van der Waals surface area contributed by atoms with E-state index in [1.165, 1.54) is 50.4 Å². The SMILES string of the molecule is CC1(C)c2cccc3c2N2c4c1cccc4C(C)(C)c1cc(-c4nc5ncccc5n4-c4ccc(C#N)cc4)cc(c12)C3(C)C. The number of hydrogen-bond donors (Lipinski definition) is 0. The summed E-state index contributed by atoms with van der Waals surface area (Å²) in [5, 5.41) is 9.46. The third-order valence-electron chi connectivity index (χ3n) is 10.8. The van der Waals surface area contributed by atoms with Gasteiger partial charge in [-0.15, -0.1) is 0 Å². The molecule has 0 fully saturated rings. The Hall–Kier alpha value is -5.21. The molecule has 9 rings (SSSR count). The highest BCUT2D eigenvalue weighted by Crippen LogP contribution is 2.66. The Morgan fingerprint density at radius 3 is 1.67 bits per heavy atom. The third kappa shape index (κ3) is 3.12. The number of nitrogens with zero attached hydrogens (tertiary/aromatic N) is 5. The second kappa shape index (κ2) is 8.28. The Labute approximate surface area is 263 Å². The van der Waals surface area contributed by atoms with Crippen LogP contribution in [0.1, 0.15) is 80.5 Å². The fourth-order valence-electron chi connectivity index (χ4n) is 8.37. The number of imidazole rings is 1. The molecule has 0 aliphatic carbocycles. The molecule has 2 aromatic heterocycles. The van der Waals surface area contributed by atoms with Gasteiger partial charge in [0.05, 0.1) is 34.2 Å². The Balaban J connectivity index is 1.40. The maximum Gasteiger partial charge on any atom is 0.178 e. The Morgan fingerprint density at radius 2 is 1.13 bits per heavy atom. The average Bonchev–Trinajstić information content (AvgIpc) is 3.43. The highest BCUT2D eigenvalue weighted by molar-refractivity contribution is 5.99. The number of aromatic nitrogens is 3. The van der Waals surface area contributed by atoms with E-state index in [-0.39, 0.29) is 16.2 Å². The lowest BCUT2D eigenvalue weighted by Gasteiger charge is -2.55. The van der Waals surface area contributed by atoms with Crippen molar-refractivity contribution in [1.29, 1.82) is 5.26 Å².